The molecule has 0 saturated carbocycles. The zero-order valence-corrected chi connectivity index (χ0v) is 16.6. The lowest BCUT2D eigenvalue weighted by molar-refractivity contribution is -0.134. The number of carbonyl (C=O) groups is 1. The zero-order valence-electron chi connectivity index (χ0n) is 15.0. The van der Waals surface area contributed by atoms with Crippen molar-refractivity contribution in [2.45, 2.75) is 12.5 Å². The van der Waals surface area contributed by atoms with Crippen molar-refractivity contribution in [1.29, 1.82) is 0 Å². The van der Waals surface area contributed by atoms with Crippen LogP contribution in [-0.4, -0.2) is 112 Å². The van der Waals surface area contributed by atoms with Crippen LogP contribution in [0.4, 0.5) is 0 Å². The van der Waals surface area contributed by atoms with Gasteiger partial charge >= 0.3 is 0 Å². The Morgan fingerprint density at radius 2 is 1.52 bits per heavy atom. The molecule has 0 aromatic carbocycles. The minimum atomic E-state index is -3.43. The van der Waals surface area contributed by atoms with E-state index in [0.29, 0.717) is 45.8 Å². The van der Waals surface area contributed by atoms with Gasteiger partial charge in [0, 0.05) is 66.0 Å². The van der Waals surface area contributed by atoms with Gasteiger partial charge < -0.3 is 20.3 Å². The maximum absolute atomic E-state index is 12.7. The maximum Gasteiger partial charge on any atom is 0.282 e. The number of hydrogen-bond donors (Lipinski definition) is 1. The second kappa shape index (κ2) is 10.0. The Balaban J connectivity index is 0.00000312. The molecule has 1 atom stereocenters. The first kappa shape index (κ1) is 22.6. The molecule has 2 heterocycles. The zero-order chi connectivity index (χ0) is 17.7. The summed E-state index contributed by atoms with van der Waals surface area (Å²) < 4.78 is 33.5. The number of amides is 1. The second-order valence-electron chi connectivity index (χ2n) is 6.29. The number of likely N-dealkylation sites (N-methyl/N-ethyl adjacent to an activating group) is 1. The van der Waals surface area contributed by atoms with Crippen molar-refractivity contribution in [3.8, 4) is 0 Å². The summed E-state index contributed by atoms with van der Waals surface area (Å²) in [6.07, 6.45) is -0.0531. The Bertz CT molecular complexity index is 515. The van der Waals surface area contributed by atoms with E-state index < -0.39 is 10.2 Å². The van der Waals surface area contributed by atoms with Gasteiger partial charge in [0.15, 0.2) is 0 Å². The summed E-state index contributed by atoms with van der Waals surface area (Å²) in [7, 11) is 0.0895. The number of methoxy groups -OCH3 is 1. The minimum Gasteiger partial charge on any atom is -0.380 e. The predicted octanol–water partition coefficient (Wildman–Crippen LogP) is -1.59. The van der Waals surface area contributed by atoms with E-state index in [9.17, 15) is 13.2 Å². The molecule has 1 amide bonds. The summed E-state index contributed by atoms with van der Waals surface area (Å²) in [6, 6.07) is 0. The van der Waals surface area contributed by atoms with Gasteiger partial charge in [0.25, 0.3) is 10.2 Å². The number of piperazine rings is 2. The van der Waals surface area contributed by atoms with Gasteiger partial charge in [-0.25, -0.2) is 0 Å². The molecule has 0 aliphatic carbocycles. The van der Waals surface area contributed by atoms with Crippen LogP contribution in [0.25, 0.3) is 0 Å². The fourth-order valence-corrected chi connectivity index (χ4v) is 4.51. The van der Waals surface area contributed by atoms with Gasteiger partial charge in [-0.2, -0.15) is 17.0 Å². The molecule has 0 spiro atoms. The summed E-state index contributed by atoms with van der Waals surface area (Å²) in [5, 5.41) is 0. The number of hydrogen-bond acceptors (Lipinski definition) is 6. The van der Waals surface area contributed by atoms with Crippen LogP contribution >= 0.6 is 12.4 Å². The van der Waals surface area contributed by atoms with Crippen molar-refractivity contribution >= 4 is 28.5 Å². The van der Waals surface area contributed by atoms with Crippen LogP contribution in [0.15, 0.2) is 0 Å². The SMILES string of the molecule is COC(CN)CC(=O)N1CCN(S(=O)(=O)N2CCN(C)CC2)CC1.Cl. The molecule has 11 heteroatoms. The molecule has 2 fully saturated rings. The average Bonchev–Trinajstić information content (AvgIpc) is 2.60. The van der Waals surface area contributed by atoms with Crippen molar-refractivity contribution < 1.29 is 17.9 Å². The Morgan fingerprint density at radius 3 is 1.96 bits per heavy atom. The van der Waals surface area contributed by atoms with Gasteiger partial charge in [-0.1, -0.05) is 0 Å². The van der Waals surface area contributed by atoms with E-state index in [4.69, 9.17) is 10.5 Å². The van der Waals surface area contributed by atoms with E-state index in [1.165, 1.54) is 11.4 Å². The average molecular weight is 400 g/mol. The van der Waals surface area contributed by atoms with Crippen molar-refractivity contribution in [2.24, 2.45) is 5.73 Å². The molecule has 2 N–H and O–H groups in total. The number of nitrogens with zero attached hydrogens (tertiary/aromatic N) is 4. The van der Waals surface area contributed by atoms with Gasteiger partial charge in [-0.05, 0) is 7.05 Å². The molecule has 9 nitrogen and oxygen atoms in total. The first-order valence-electron chi connectivity index (χ1n) is 8.33. The van der Waals surface area contributed by atoms with E-state index in [-0.39, 0.29) is 30.8 Å². The van der Waals surface area contributed by atoms with E-state index in [2.05, 4.69) is 4.90 Å². The van der Waals surface area contributed by atoms with E-state index in [1.54, 1.807) is 9.21 Å². The number of ether oxygens (including phenoxy) is 1. The van der Waals surface area contributed by atoms with E-state index >= 15 is 0 Å². The van der Waals surface area contributed by atoms with Crippen LogP contribution in [0.3, 0.4) is 0 Å². The highest BCUT2D eigenvalue weighted by molar-refractivity contribution is 7.86. The van der Waals surface area contributed by atoms with Gasteiger partial charge in [-0.15, -0.1) is 12.4 Å². The standard InChI is InChI=1S/C14H29N5O4S.ClH/c1-16-3-7-18(8-4-16)24(21,22)19-9-5-17(6-10-19)14(20)11-13(12-15)23-2;/h13H,3-12,15H2,1-2H3;1H. The van der Waals surface area contributed by atoms with Crippen LogP contribution in [0.1, 0.15) is 6.42 Å². The Kier molecular flexibility index (Phi) is 9.02. The molecule has 0 aromatic heterocycles. The smallest absolute Gasteiger partial charge is 0.282 e. The molecule has 148 valence electrons. The predicted molar refractivity (Wildman–Crippen MR) is 97.9 cm³/mol. The summed E-state index contributed by atoms with van der Waals surface area (Å²) in [5.74, 6) is -0.0380. The number of carbonyl (C=O) groups excluding carboxylic acids is 1. The van der Waals surface area contributed by atoms with Crippen molar-refractivity contribution in [1.82, 2.24) is 18.4 Å². The summed E-state index contributed by atoms with van der Waals surface area (Å²) >= 11 is 0. The van der Waals surface area contributed by atoms with Crippen LogP contribution in [0.2, 0.25) is 0 Å². The van der Waals surface area contributed by atoms with Crippen molar-refractivity contribution in [2.75, 3.05) is 73.1 Å². The molecular formula is C14H30ClN5O4S. The number of halogens is 1. The van der Waals surface area contributed by atoms with Gasteiger partial charge in [0.05, 0.1) is 12.5 Å². The third kappa shape index (κ3) is 5.75. The molecule has 1 unspecified atom stereocenters. The number of rotatable bonds is 6. The lowest BCUT2D eigenvalue weighted by Crippen LogP contribution is -2.57. The van der Waals surface area contributed by atoms with E-state index in [0.717, 1.165) is 13.1 Å². The fraction of sp³-hybridized carbons (Fsp3) is 0.929. The molecule has 2 saturated heterocycles. The highest BCUT2D eigenvalue weighted by atomic mass is 35.5. The largest absolute Gasteiger partial charge is 0.380 e. The highest BCUT2D eigenvalue weighted by Crippen LogP contribution is 2.15. The van der Waals surface area contributed by atoms with E-state index in [1.807, 2.05) is 7.05 Å². The normalized spacial score (nSPS) is 22.4. The molecule has 0 bridgehead atoms. The lowest BCUT2D eigenvalue weighted by Gasteiger charge is -2.39. The Labute approximate surface area is 156 Å². The van der Waals surface area contributed by atoms with Crippen LogP contribution in [-0.2, 0) is 19.7 Å². The van der Waals surface area contributed by atoms with Crippen LogP contribution < -0.4 is 5.73 Å². The van der Waals surface area contributed by atoms with Gasteiger partial charge in [0.1, 0.15) is 0 Å². The fourth-order valence-electron chi connectivity index (χ4n) is 2.94. The van der Waals surface area contributed by atoms with Gasteiger partial charge in [0.2, 0.25) is 5.91 Å². The van der Waals surface area contributed by atoms with Crippen molar-refractivity contribution in [3.63, 3.8) is 0 Å². The number of nitrogens with two attached hydrogens (primary N) is 1. The topological polar surface area (TPSA) is 99.4 Å². The monoisotopic (exact) mass is 399 g/mol. The quantitative estimate of drug-likeness (QED) is 0.578. The Hall–Kier alpha value is -0.490. The third-order valence-corrected chi connectivity index (χ3v) is 6.74. The maximum atomic E-state index is 12.7. The molecule has 2 aliphatic rings. The molecule has 0 aromatic rings. The second-order valence-corrected chi connectivity index (χ2v) is 8.22. The first-order chi connectivity index (χ1) is 11.4. The summed E-state index contributed by atoms with van der Waals surface area (Å²) in [4.78, 5) is 16.0. The van der Waals surface area contributed by atoms with Crippen molar-refractivity contribution in [3.05, 3.63) is 0 Å². The molecule has 0 radical (unpaired) electrons. The highest BCUT2D eigenvalue weighted by Gasteiger charge is 2.34. The molecular weight excluding hydrogens is 370 g/mol. The first-order valence-corrected chi connectivity index (χ1v) is 9.72. The van der Waals surface area contributed by atoms with Crippen LogP contribution in [0.5, 0.6) is 0 Å². The minimum absolute atomic E-state index is 0. The molecule has 2 rings (SSSR count). The lowest BCUT2D eigenvalue weighted by atomic mass is 10.2. The summed E-state index contributed by atoms with van der Waals surface area (Å²) in [5.41, 5.74) is 5.54. The van der Waals surface area contributed by atoms with Gasteiger partial charge in [-0.3, -0.25) is 4.79 Å². The summed E-state index contributed by atoms with van der Waals surface area (Å²) in [6.45, 7) is 4.30. The molecule has 25 heavy (non-hydrogen) atoms. The third-order valence-electron chi connectivity index (χ3n) is 4.70. The Morgan fingerprint density at radius 1 is 1.04 bits per heavy atom. The molecule has 2 aliphatic heterocycles. The van der Waals surface area contributed by atoms with Crippen LogP contribution in [0, 0.1) is 0 Å².